The predicted octanol–water partition coefficient (Wildman–Crippen LogP) is 2.38. The van der Waals surface area contributed by atoms with Crippen LogP contribution in [0.15, 0.2) is 17.9 Å². The van der Waals surface area contributed by atoms with Crippen molar-refractivity contribution in [2.45, 2.75) is 12.8 Å². The lowest BCUT2D eigenvalue weighted by atomic mass is 10.2. The Bertz CT molecular complexity index is 487. The molecule has 5 nitrogen and oxygen atoms in total. The van der Waals surface area contributed by atoms with Crippen molar-refractivity contribution in [2.24, 2.45) is 0 Å². The van der Waals surface area contributed by atoms with Crippen molar-refractivity contribution in [1.29, 1.82) is 0 Å². The summed E-state index contributed by atoms with van der Waals surface area (Å²) < 4.78 is 0. The van der Waals surface area contributed by atoms with Gasteiger partial charge in [0.25, 0.3) is 0 Å². The van der Waals surface area contributed by atoms with Crippen molar-refractivity contribution < 1.29 is 0 Å². The lowest BCUT2D eigenvalue weighted by Crippen LogP contribution is -2.11. The van der Waals surface area contributed by atoms with E-state index in [-0.39, 0.29) is 5.82 Å². The van der Waals surface area contributed by atoms with Crippen LogP contribution < -0.4 is 11.1 Å². The maximum absolute atomic E-state index is 5.98. The molecule has 2 aromatic rings. The molecule has 0 aliphatic rings. The standard InChI is InChI=1S/C10H12ClN5S/c1-6(10-13-2-3-17-10)4-14-9-7(11)8(12)15-5-16-9/h2-3,5-6H,4H2,1H3,(H3,12,14,15,16). The number of aromatic nitrogens is 3. The van der Waals surface area contributed by atoms with Gasteiger partial charge in [-0.25, -0.2) is 15.0 Å². The lowest BCUT2D eigenvalue weighted by molar-refractivity contribution is 0.791. The number of nitrogen functional groups attached to an aromatic ring is 1. The van der Waals surface area contributed by atoms with Gasteiger partial charge in [0, 0.05) is 24.0 Å². The molecule has 0 aromatic carbocycles. The fourth-order valence-electron chi connectivity index (χ4n) is 1.32. The Labute approximate surface area is 108 Å². The number of nitrogens with zero attached hydrogens (tertiary/aromatic N) is 3. The van der Waals surface area contributed by atoms with Crippen LogP contribution in [0.5, 0.6) is 0 Å². The fourth-order valence-corrected chi connectivity index (χ4v) is 2.18. The Hall–Kier alpha value is -1.40. The van der Waals surface area contributed by atoms with Crippen LogP contribution in [0.3, 0.4) is 0 Å². The summed E-state index contributed by atoms with van der Waals surface area (Å²) in [4.78, 5) is 12.1. The van der Waals surface area contributed by atoms with Crippen LogP contribution in [0.25, 0.3) is 0 Å². The second-order valence-corrected chi connectivity index (χ2v) is 4.88. The summed E-state index contributed by atoms with van der Waals surface area (Å²) in [5, 5.41) is 6.54. The maximum atomic E-state index is 5.98. The molecule has 7 heteroatoms. The summed E-state index contributed by atoms with van der Waals surface area (Å²) >= 11 is 7.61. The maximum Gasteiger partial charge on any atom is 0.150 e. The van der Waals surface area contributed by atoms with Gasteiger partial charge in [0.2, 0.25) is 0 Å². The average molecular weight is 270 g/mol. The zero-order valence-corrected chi connectivity index (χ0v) is 10.8. The minimum atomic E-state index is 0.283. The van der Waals surface area contributed by atoms with E-state index in [4.69, 9.17) is 17.3 Å². The smallest absolute Gasteiger partial charge is 0.150 e. The molecule has 2 aromatic heterocycles. The second kappa shape index (κ2) is 5.29. The molecule has 0 fully saturated rings. The molecule has 2 heterocycles. The molecule has 1 atom stereocenters. The molecule has 1 unspecified atom stereocenters. The third kappa shape index (κ3) is 2.83. The van der Waals surface area contributed by atoms with Gasteiger partial charge >= 0.3 is 0 Å². The van der Waals surface area contributed by atoms with Crippen LogP contribution in [0.2, 0.25) is 5.02 Å². The molecule has 0 aliphatic carbocycles. The van der Waals surface area contributed by atoms with Crippen molar-refractivity contribution in [1.82, 2.24) is 15.0 Å². The van der Waals surface area contributed by atoms with Crippen molar-refractivity contribution >= 4 is 34.6 Å². The van der Waals surface area contributed by atoms with E-state index < -0.39 is 0 Å². The molecule has 0 saturated carbocycles. The van der Waals surface area contributed by atoms with Gasteiger partial charge in [0.1, 0.15) is 23.0 Å². The van der Waals surface area contributed by atoms with Gasteiger partial charge in [-0.1, -0.05) is 18.5 Å². The first-order chi connectivity index (χ1) is 8.18. The van der Waals surface area contributed by atoms with E-state index in [0.717, 1.165) is 5.01 Å². The third-order valence-corrected chi connectivity index (χ3v) is 3.64. The Balaban J connectivity index is 2.00. The van der Waals surface area contributed by atoms with E-state index in [2.05, 4.69) is 27.2 Å². The van der Waals surface area contributed by atoms with Gasteiger partial charge in [-0.05, 0) is 0 Å². The van der Waals surface area contributed by atoms with Crippen LogP contribution in [-0.2, 0) is 0 Å². The van der Waals surface area contributed by atoms with E-state index in [9.17, 15) is 0 Å². The van der Waals surface area contributed by atoms with Gasteiger partial charge in [-0.3, -0.25) is 0 Å². The Morgan fingerprint density at radius 3 is 3.00 bits per heavy atom. The van der Waals surface area contributed by atoms with Crippen LogP contribution >= 0.6 is 22.9 Å². The molecular weight excluding hydrogens is 258 g/mol. The highest BCUT2D eigenvalue weighted by Crippen LogP contribution is 2.24. The molecule has 0 bridgehead atoms. The quantitative estimate of drug-likeness (QED) is 0.891. The normalized spacial score (nSPS) is 12.4. The Morgan fingerprint density at radius 2 is 2.29 bits per heavy atom. The monoisotopic (exact) mass is 269 g/mol. The highest BCUT2D eigenvalue weighted by molar-refractivity contribution is 7.09. The SMILES string of the molecule is CC(CNc1ncnc(N)c1Cl)c1nccs1. The van der Waals surface area contributed by atoms with Crippen molar-refractivity contribution in [3.05, 3.63) is 27.9 Å². The van der Waals surface area contributed by atoms with Crippen molar-refractivity contribution in [3.63, 3.8) is 0 Å². The number of thiazole rings is 1. The van der Waals surface area contributed by atoms with Crippen LogP contribution in [0.1, 0.15) is 17.8 Å². The first kappa shape index (κ1) is 12.1. The van der Waals surface area contributed by atoms with Gasteiger partial charge in [-0.15, -0.1) is 11.3 Å². The van der Waals surface area contributed by atoms with Crippen LogP contribution in [-0.4, -0.2) is 21.5 Å². The lowest BCUT2D eigenvalue weighted by Gasteiger charge is -2.11. The summed E-state index contributed by atoms with van der Waals surface area (Å²) in [5.41, 5.74) is 5.59. The highest BCUT2D eigenvalue weighted by atomic mass is 35.5. The molecular formula is C10H12ClN5S. The first-order valence-corrected chi connectivity index (χ1v) is 6.33. The number of anilines is 2. The molecule has 3 N–H and O–H groups in total. The predicted molar refractivity (Wildman–Crippen MR) is 70.5 cm³/mol. The molecule has 0 radical (unpaired) electrons. The highest BCUT2D eigenvalue weighted by Gasteiger charge is 2.10. The van der Waals surface area contributed by atoms with E-state index >= 15 is 0 Å². The van der Waals surface area contributed by atoms with Crippen LogP contribution in [0.4, 0.5) is 11.6 Å². The molecule has 0 spiro atoms. The third-order valence-electron chi connectivity index (χ3n) is 2.27. The summed E-state index contributed by atoms with van der Waals surface area (Å²) in [6.45, 7) is 2.79. The second-order valence-electron chi connectivity index (χ2n) is 3.57. The van der Waals surface area contributed by atoms with Crippen LogP contribution in [0, 0.1) is 0 Å². The molecule has 0 amide bonds. The van der Waals surface area contributed by atoms with Gasteiger partial charge in [0.05, 0.1) is 5.01 Å². The summed E-state index contributed by atoms with van der Waals surface area (Å²) in [6.07, 6.45) is 3.18. The number of hydrogen-bond acceptors (Lipinski definition) is 6. The van der Waals surface area contributed by atoms with Gasteiger partial charge < -0.3 is 11.1 Å². The van der Waals surface area contributed by atoms with E-state index in [1.165, 1.54) is 6.33 Å². The number of rotatable bonds is 4. The van der Waals surface area contributed by atoms with E-state index in [1.807, 2.05) is 5.38 Å². The van der Waals surface area contributed by atoms with E-state index in [1.54, 1.807) is 17.5 Å². The van der Waals surface area contributed by atoms with Gasteiger partial charge in [0.15, 0.2) is 0 Å². The minimum absolute atomic E-state index is 0.283. The molecule has 0 saturated heterocycles. The minimum Gasteiger partial charge on any atom is -0.382 e. The average Bonchev–Trinajstić information content (AvgIpc) is 2.84. The topological polar surface area (TPSA) is 76.7 Å². The molecule has 17 heavy (non-hydrogen) atoms. The Morgan fingerprint density at radius 1 is 1.47 bits per heavy atom. The molecule has 2 rings (SSSR count). The summed E-state index contributed by atoms with van der Waals surface area (Å²) in [6, 6.07) is 0. The van der Waals surface area contributed by atoms with Gasteiger partial charge in [-0.2, -0.15) is 0 Å². The number of halogens is 1. The van der Waals surface area contributed by atoms with E-state index in [0.29, 0.717) is 23.3 Å². The number of hydrogen-bond donors (Lipinski definition) is 2. The summed E-state index contributed by atoms with van der Waals surface area (Å²) in [5.74, 6) is 1.14. The zero-order chi connectivity index (χ0) is 12.3. The number of nitrogens with one attached hydrogen (secondary N) is 1. The number of nitrogens with two attached hydrogens (primary N) is 1. The van der Waals surface area contributed by atoms with Crippen molar-refractivity contribution in [3.8, 4) is 0 Å². The first-order valence-electron chi connectivity index (χ1n) is 5.07. The Kier molecular flexibility index (Phi) is 3.75. The fraction of sp³-hybridized carbons (Fsp3) is 0.300. The van der Waals surface area contributed by atoms with Crippen molar-refractivity contribution in [2.75, 3.05) is 17.6 Å². The zero-order valence-electron chi connectivity index (χ0n) is 9.22. The molecule has 90 valence electrons. The summed E-state index contributed by atoms with van der Waals surface area (Å²) in [7, 11) is 0. The molecule has 0 aliphatic heterocycles. The largest absolute Gasteiger partial charge is 0.382 e.